The molecule has 26 heavy (non-hydrogen) atoms. The van der Waals surface area contributed by atoms with E-state index in [0.29, 0.717) is 12.8 Å². The second kappa shape index (κ2) is 5.27. The highest BCUT2D eigenvalue weighted by molar-refractivity contribution is 5.89. The van der Waals surface area contributed by atoms with Crippen LogP contribution in [-0.4, -0.2) is 11.7 Å². The lowest BCUT2D eigenvalue weighted by atomic mass is 9.51. The van der Waals surface area contributed by atoms with E-state index >= 15 is 0 Å². The van der Waals surface area contributed by atoms with Gasteiger partial charge in [-0.3, -0.25) is 5.41 Å². The zero-order chi connectivity index (χ0) is 18.6. The van der Waals surface area contributed by atoms with Gasteiger partial charge in [-0.15, -0.1) is 0 Å². The average molecular weight is 350 g/mol. The number of hydrogen-bond donors (Lipinski definition) is 1. The van der Waals surface area contributed by atoms with E-state index in [1.807, 2.05) is 12.1 Å². The number of hydrogen-bond acceptors (Lipinski definition) is 6. The van der Waals surface area contributed by atoms with Gasteiger partial charge in [0.15, 0.2) is 5.41 Å². The van der Waals surface area contributed by atoms with Gasteiger partial charge in [0.1, 0.15) is 11.9 Å². The first-order chi connectivity index (χ1) is 12.5. The van der Waals surface area contributed by atoms with Crippen molar-refractivity contribution in [3.05, 3.63) is 35.6 Å². The predicted molar refractivity (Wildman–Crippen MR) is 85.4 cm³/mol. The molecule has 3 fully saturated rings. The van der Waals surface area contributed by atoms with E-state index in [1.165, 1.54) is 18.2 Å². The normalized spacial score (nSPS) is 36.8. The van der Waals surface area contributed by atoms with Gasteiger partial charge in [-0.25, -0.2) is 4.39 Å². The van der Waals surface area contributed by atoms with Crippen molar-refractivity contribution in [1.82, 2.24) is 0 Å². The Kier molecular flexibility index (Phi) is 3.35. The minimum absolute atomic E-state index is 0.0249. The van der Waals surface area contributed by atoms with E-state index in [4.69, 9.17) is 14.9 Å². The van der Waals surface area contributed by atoms with Crippen LogP contribution in [-0.2, 0) is 9.47 Å². The Labute approximate surface area is 149 Å². The summed E-state index contributed by atoms with van der Waals surface area (Å²) < 4.78 is 26.4. The van der Waals surface area contributed by atoms with Crippen LogP contribution in [0.4, 0.5) is 4.39 Å². The van der Waals surface area contributed by atoms with Crippen molar-refractivity contribution >= 4 is 5.90 Å². The first-order valence-corrected chi connectivity index (χ1v) is 8.45. The maximum absolute atomic E-state index is 14.5. The van der Waals surface area contributed by atoms with Gasteiger partial charge < -0.3 is 9.47 Å². The zero-order valence-corrected chi connectivity index (χ0v) is 13.8. The minimum Gasteiger partial charge on any atom is -0.447 e. The first-order valence-electron chi connectivity index (χ1n) is 8.45. The van der Waals surface area contributed by atoms with Crippen LogP contribution in [0, 0.1) is 62.0 Å². The Morgan fingerprint density at radius 1 is 1.12 bits per heavy atom. The molecular weight excluding hydrogens is 335 g/mol. The Bertz CT molecular complexity index is 913. The topological polar surface area (TPSA) is 114 Å². The Morgan fingerprint density at radius 2 is 1.85 bits per heavy atom. The zero-order valence-electron chi connectivity index (χ0n) is 13.8. The Hall–Kier alpha value is -2.95. The van der Waals surface area contributed by atoms with Gasteiger partial charge in [-0.1, -0.05) is 24.6 Å². The highest BCUT2D eigenvalue weighted by Gasteiger charge is 2.80. The van der Waals surface area contributed by atoms with Gasteiger partial charge in [-0.05, 0) is 18.9 Å². The molecule has 1 aliphatic carbocycles. The number of halogens is 1. The molecule has 3 aliphatic rings. The van der Waals surface area contributed by atoms with E-state index in [0.717, 1.165) is 12.8 Å². The predicted octanol–water partition coefficient (Wildman–Crippen LogP) is 3.33. The molecule has 0 amide bonds. The summed E-state index contributed by atoms with van der Waals surface area (Å²) in [5, 5.41) is 38.5. The molecule has 1 N–H and O–H groups in total. The van der Waals surface area contributed by atoms with Crippen LogP contribution in [0.2, 0.25) is 0 Å². The van der Waals surface area contributed by atoms with Crippen molar-refractivity contribution in [2.75, 3.05) is 0 Å². The average Bonchev–Trinajstić information content (AvgIpc) is 2.87. The fourth-order valence-electron chi connectivity index (χ4n) is 4.83. The summed E-state index contributed by atoms with van der Waals surface area (Å²) in [5.41, 5.74) is -3.84. The monoisotopic (exact) mass is 350 g/mol. The third kappa shape index (κ3) is 1.63. The standard InChI is InChI=1S/C19H15FN4O2/c20-13-6-2-1-5-12(13)15-17(9-21,10-22)18(11-23)14-7-3-4-8-19(14,25-15)26-16(18)24/h1-2,5-6,14-15,24H,3-4,7-8H2. The highest BCUT2D eigenvalue weighted by Crippen LogP contribution is 2.69. The van der Waals surface area contributed by atoms with Crippen LogP contribution in [0.5, 0.6) is 0 Å². The molecule has 130 valence electrons. The van der Waals surface area contributed by atoms with E-state index in [9.17, 15) is 20.2 Å². The van der Waals surface area contributed by atoms with Gasteiger partial charge in [0.25, 0.3) is 0 Å². The molecule has 2 saturated heterocycles. The molecule has 0 radical (unpaired) electrons. The number of nitrogens with one attached hydrogen (secondary N) is 1. The molecule has 7 heteroatoms. The van der Waals surface area contributed by atoms with E-state index in [-0.39, 0.29) is 5.56 Å². The quantitative estimate of drug-likeness (QED) is 0.834. The smallest absolute Gasteiger partial charge is 0.217 e. The summed E-state index contributed by atoms with van der Waals surface area (Å²) >= 11 is 0. The van der Waals surface area contributed by atoms with Crippen LogP contribution < -0.4 is 0 Å². The molecule has 6 nitrogen and oxygen atoms in total. The third-order valence-corrected chi connectivity index (χ3v) is 6.00. The van der Waals surface area contributed by atoms with Crippen LogP contribution in [0.1, 0.15) is 37.4 Å². The third-order valence-electron chi connectivity index (χ3n) is 6.00. The molecule has 1 aromatic carbocycles. The van der Waals surface area contributed by atoms with Crippen molar-refractivity contribution < 1.29 is 13.9 Å². The van der Waals surface area contributed by atoms with Crippen LogP contribution in [0.25, 0.3) is 0 Å². The summed E-state index contributed by atoms with van der Waals surface area (Å²) in [6.45, 7) is 0. The Balaban J connectivity index is 2.03. The fraction of sp³-hybridized carbons (Fsp3) is 0.474. The first kappa shape index (κ1) is 16.5. The highest BCUT2D eigenvalue weighted by atomic mass is 19.1. The molecule has 2 bridgehead atoms. The number of nitrogens with zero attached hydrogens (tertiary/aromatic N) is 3. The molecule has 4 atom stereocenters. The van der Waals surface area contributed by atoms with Gasteiger partial charge >= 0.3 is 0 Å². The van der Waals surface area contributed by atoms with Crippen molar-refractivity contribution in [1.29, 1.82) is 21.2 Å². The van der Waals surface area contributed by atoms with Gasteiger partial charge in [0.2, 0.25) is 17.1 Å². The molecule has 2 heterocycles. The lowest BCUT2D eigenvalue weighted by Gasteiger charge is -2.51. The molecule has 0 spiro atoms. The Morgan fingerprint density at radius 3 is 2.50 bits per heavy atom. The summed E-state index contributed by atoms with van der Waals surface area (Å²) in [7, 11) is 0. The van der Waals surface area contributed by atoms with Crippen LogP contribution >= 0.6 is 0 Å². The van der Waals surface area contributed by atoms with Gasteiger partial charge in [-0.2, -0.15) is 15.8 Å². The maximum atomic E-state index is 14.5. The minimum atomic E-state index is -2.08. The molecule has 0 aromatic heterocycles. The SMILES string of the molecule is N#CC1(C#N)C(c2ccccc2F)OC23CCCCC2C1(C#N)C(=N)O3. The van der Waals surface area contributed by atoms with E-state index in [1.54, 1.807) is 6.07 Å². The molecule has 1 aromatic rings. The van der Waals surface area contributed by atoms with Crippen molar-refractivity contribution in [3.63, 3.8) is 0 Å². The summed E-state index contributed by atoms with van der Waals surface area (Å²) in [6, 6.07) is 11.7. The van der Waals surface area contributed by atoms with E-state index in [2.05, 4.69) is 6.07 Å². The summed E-state index contributed by atoms with van der Waals surface area (Å²) in [6.07, 6.45) is 1.16. The molecule has 4 unspecified atom stereocenters. The number of rotatable bonds is 1. The fourth-order valence-corrected chi connectivity index (χ4v) is 4.83. The number of nitriles is 3. The largest absolute Gasteiger partial charge is 0.447 e. The lowest BCUT2D eigenvalue weighted by molar-refractivity contribution is -0.295. The lowest BCUT2D eigenvalue weighted by Crippen LogP contribution is -2.60. The van der Waals surface area contributed by atoms with Crippen molar-refractivity contribution in [3.8, 4) is 18.2 Å². The van der Waals surface area contributed by atoms with Gasteiger partial charge in [0, 0.05) is 12.0 Å². The molecular formula is C19H15FN4O2. The second-order valence-electron chi connectivity index (χ2n) is 7.01. The van der Waals surface area contributed by atoms with Gasteiger partial charge in [0.05, 0.1) is 24.1 Å². The molecule has 2 aliphatic heterocycles. The summed E-state index contributed by atoms with van der Waals surface area (Å²) in [4.78, 5) is 0. The van der Waals surface area contributed by atoms with Crippen LogP contribution in [0.15, 0.2) is 24.3 Å². The molecule has 4 rings (SSSR count). The number of benzene rings is 1. The van der Waals surface area contributed by atoms with Crippen molar-refractivity contribution in [2.45, 2.75) is 37.6 Å². The molecule has 1 saturated carbocycles. The maximum Gasteiger partial charge on any atom is 0.217 e. The van der Waals surface area contributed by atoms with E-state index < -0.39 is 40.4 Å². The number of ether oxygens (including phenoxy) is 2. The van der Waals surface area contributed by atoms with Crippen molar-refractivity contribution in [2.24, 2.45) is 16.7 Å². The van der Waals surface area contributed by atoms with Crippen LogP contribution in [0.3, 0.4) is 0 Å². The summed E-state index contributed by atoms with van der Waals surface area (Å²) in [5.74, 6) is -2.93. The second-order valence-corrected chi connectivity index (χ2v) is 7.01.